The van der Waals surface area contributed by atoms with Gasteiger partial charge >= 0.3 is 0 Å². The predicted octanol–water partition coefficient (Wildman–Crippen LogP) is 4.25. The minimum absolute atomic E-state index is 0.0462. The van der Waals surface area contributed by atoms with Gasteiger partial charge in [-0.1, -0.05) is 17.7 Å². The molecule has 1 aliphatic heterocycles. The van der Waals surface area contributed by atoms with E-state index < -0.39 is 15.9 Å². The van der Waals surface area contributed by atoms with Crippen molar-refractivity contribution in [3.05, 3.63) is 83.1 Å². The Balaban J connectivity index is 1.52. The van der Waals surface area contributed by atoms with Crippen molar-refractivity contribution in [3.63, 3.8) is 0 Å². The fourth-order valence-corrected chi connectivity index (χ4v) is 5.40. The second-order valence-corrected chi connectivity index (χ2v) is 10.1. The molecule has 3 aromatic carbocycles. The number of hydrogen-bond acceptors (Lipinski definition) is 5. The lowest BCUT2D eigenvalue weighted by Gasteiger charge is -2.35. The Labute approximate surface area is 202 Å². The zero-order valence-electron chi connectivity index (χ0n) is 18.4. The van der Waals surface area contributed by atoms with Crippen LogP contribution in [0.1, 0.15) is 10.4 Å². The lowest BCUT2D eigenvalue weighted by molar-refractivity contribution is 0.102. The SMILES string of the molecule is COc1ccc(S(=O)(=O)N2CCN(c3ccc(F)cc3)CC2)cc1NC(=O)c1cccc(Cl)c1. The van der Waals surface area contributed by atoms with Crippen LogP contribution in [-0.2, 0) is 10.0 Å². The molecule has 1 fully saturated rings. The van der Waals surface area contributed by atoms with Crippen LogP contribution in [0.25, 0.3) is 0 Å². The maximum Gasteiger partial charge on any atom is 0.255 e. The number of rotatable bonds is 6. The van der Waals surface area contributed by atoms with E-state index in [0.29, 0.717) is 29.4 Å². The molecule has 1 saturated heterocycles. The summed E-state index contributed by atoms with van der Waals surface area (Å²) in [5.41, 5.74) is 1.41. The molecular weight excluding hydrogens is 481 g/mol. The molecule has 4 rings (SSSR count). The first kappa shape index (κ1) is 24.0. The van der Waals surface area contributed by atoms with Crippen LogP contribution in [0, 0.1) is 5.82 Å². The number of nitrogens with one attached hydrogen (secondary N) is 1. The predicted molar refractivity (Wildman–Crippen MR) is 130 cm³/mol. The van der Waals surface area contributed by atoms with Crippen molar-refractivity contribution in [2.24, 2.45) is 0 Å². The van der Waals surface area contributed by atoms with Crippen LogP contribution in [0.4, 0.5) is 15.8 Å². The summed E-state index contributed by atoms with van der Waals surface area (Å²) in [7, 11) is -2.37. The molecule has 0 saturated carbocycles. The number of sulfonamides is 1. The highest BCUT2D eigenvalue weighted by molar-refractivity contribution is 7.89. The molecule has 0 bridgehead atoms. The number of piperazine rings is 1. The molecule has 0 aromatic heterocycles. The van der Waals surface area contributed by atoms with Crippen LogP contribution in [0.5, 0.6) is 5.75 Å². The number of hydrogen-bond donors (Lipinski definition) is 1. The van der Waals surface area contributed by atoms with E-state index in [-0.39, 0.29) is 29.5 Å². The number of methoxy groups -OCH3 is 1. The van der Waals surface area contributed by atoms with Gasteiger partial charge in [-0.05, 0) is 60.7 Å². The summed E-state index contributed by atoms with van der Waals surface area (Å²) in [5, 5.41) is 3.12. The van der Waals surface area contributed by atoms with Crippen molar-refractivity contribution < 1.29 is 22.3 Å². The zero-order chi connectivity index (χ0) is 24.3. The van der Waals surface area contributed by atoms with Gasteiger partial charge in [0.15, 0.2) is 0 Å². The van der Waals surface area contributed by atoms with Crippen LogP contribution in [0.3, 0.4) is 0 Å². The Morgan fingerprint density at radius 1 is 1.00 bits per heavy atom. The Bertz CT molecular complexity index is 1290. The van der Waals surface area contributed by atoms with Gasteiger partial charge in [-0.15, -0.1) is 0 Å². The summed E-state index contributed by atoms with van der Waals surface area (Å²) in [6, 6.07) is 16.9. The van der Waals surface area contributed by atoms with Gasteiger partial charge in [0.2, 0.25) is 10.0 Å². The summed E-state index contributed by atoms with van der Waals surface area (Å²) in [6.45, 7) is 1.49. The zero-order valence-corrected chi connectivity index (χ0v) is 19.9. The fraction of sp³-hybridized carbons (Fsp3) is 0.208. The second kappa shape index (κ2) is 10.0. The van der Waals surface area contributed by atoms with Crippen molar-refractivity contribution in [1.82, 2.24) is 4.31 Å². The van der Waals surface area contributed by atoms with Crippen molar-refractivity contribution in [2.75, 3.05) is 43.5 Å². The molecule has 10 heteroatoms. The third-order valence-corrected chi connectivity index (χ3v) is 7.70. The van der Waals surface area contributed by atoms with Crippen molar-refractivity contribution >= 4 is 38.9 Å². The van der Waals surface area contributed by atoms with Gasteiger partial charge in [0.1, 0.15) is 11.6 Å². The quantitative estimate of drug-likeness (QED) is 0.544. The molecule has 1 heterocycles. The van der Waals surface area contributed by atoms with Gasteiger partial charge in [0.25, 0.3) is 5.91 Å². The first-order valence-corrected chi connectivity index (χ1v) is 12.4. The maximum absolute atomic E-state index is 13.3. The highest BCUT2D eigenvalue weighted by Crippen LogP contribution is 2.30. The number of benzene rings is 3. The Kier molecular flexibility index (Phi) is 7.06. The van der Waals surface area contributed by atoms with E-state index in [4.69, 9.17) is 16.3 Å². The third kappa shape index (κ3) is 5.16. The number of amides is 1. The topological polar surface area (TPSA) is 79.0 Å². The summed E-state index contributed by atoms with van der Waals surface area (Å²) < 4.78 is 46.5. The maximum atomic E-state index is 13.3. The molecule has 1 N–H and O–H groups in total. The second-order valence-electron chi connectivity index (χ2n) is 7.69. The van der Waals surface area contributed by atoms with Crippen LogP contribution < -0.4 is 15.0 Å². The van der Waals surface area contributed by atoms with E-state index in [1.54, 1.807) is 30.3 Å². The van der Waals surface area contributed by atoms with Crippen LogP contribution in [0.2, 0.25) is 5.02 Å². The molecule has 0 aliphatic carbocycles. The third-order valence-electron chi connectivity index (χ3n) is 5.57. The molecule has 3 aromatic rings. The largest absolute Gasteiger partial charge is 0.495 e. The molecule has 0 atom stereocenters. The first-order valence-electron chi connectivity index (χ1n) is 10.5. The van der Waals surface area contributed by atoms with Crippen LogP contribution >= 0.6 is 11.6 Å². The van der Waals surface area contributed by atoms with Gasteiger partial charge < -0.3 is 15.0 Å². The normalized spacial score (nSPS) is 14.6. The highest BCUT2D eigenvalue weighted by Gasteiger charge is 2.29. The van der Waals surface area contributed by atoms with Gasteiger partial charge in [-0.3, -0.25) is 4.79 Å². The summed E-state index contributed by atoms with van der Waals surface area (Å²) in [6.07, 6.45) is 0. The van der Waals surface area contributed by atoms with E-state index in [2.05, 4.69) is 5.32 Å². The first-order chi connectivity index (χ1) is 16.3. The average molecular weight is 504 g/mol. The van der Waals surface area contributed by atoms with Gasteiger partial charge in [0.05, 0.1) is 17.7 Å². The minimum atomic E-state index is -3.81. The Morgan fingerprint density at radius 3 is 2.35 bits per heavy atom. The smallest absolute Gasteiger partial charge is 0.255 e. The number of carbonyl (C=O) groups is 1. The minimum Gasteiger partial charge on any atom is -0.495 e. The standard InChI is InChI=1S/C24H23ClFN3O4S/c1-33-23-10-9-21(16-22(23)27-24(30)17-3-2-4-18(25)15-17)34(31,32)29-13-11-28(12-14-29)20-7-5-19(26)6-8-20/h2-10,15-16H,11-14H2,1H3,(H,27,30). The van der Waals surface area contributed by atoms with E-state index >= 15 is 0 Å². The van der Waals surface area contributed by atoms with E-state index in [9.17, 15) is 17.6 Å². The number of nitrogens with zero attached hydrogens (tertiary/aromatic N) is 2. The molecule has 0 spiro atoms. The van der Waals surface area contributed by atoms with Crippen molar-refractivity contribution in [1.29, 1.82) is 0 Å². The summed E-state index contributed by atoms with van der Waals surface area (Å²) >= 11 is 5.97. The Hall–Kier alpha value is -3.14. The van der Waals surface area contributed by atoms with Crippen LogP contribution in [-0.4, -0.2) is 51.9 Å². The summed E-state index contributed by atoms with van der Waals surface area (Å²) in [5.74, 6) is -0.429. The molecular formula is C24H23ClFN3O4S. The van der Waals surface area contributed by atoms with Crippen LogP contribution in [0.15, 0.2) is 71.6 Å². The summed E-state index contributed by atoms with van der Waals surface area (Å²) in [4.78, 5) is 14.7. The van der Waals surface area contributed by atoms with Gasteiger partial charge in [-0.2, -0.15) is 4.31 Å². The molecule has 7 nitrogen and oxygen atoms in total. The molecule has 34 heavy (non-hydrogen) atoms. The molecule has 0 unspecified atom stereocenters. The van der Waals surface area contributed by atoms with Crippen molar-refractivity contribution in [3.8, 4) is 5.75 Å². The molecule has 1 aliphatic rings. The number of carbonyl (C=O) groups excluding carboxylic acids is 1. The monoisotopic (exact) mass is 503 g/mol. The fourth-order valence-electron chi connectivity index (χ4n) is 3.76. The number of anilines is 2. The van der Waals surface area contributed by atoms with E-state index in [0.717, 1.165) is 5.69 Å². The van der Waals surface area contributed by atoms with Gasteiger partial charge in [0, 0.05) is 42.5 Å². The van der Waals surface area contributed by atoms with E-state index in [1.807, 2.05) is 4.90 Å². The van der Waals surface area contributed by atoms with Gasteiger partial charge in [-0.25, -0.2) is 12.8 Å². The van der Waals surface area contributed by atoms with Crippen molar-refractivity contribution in [2.45, 2.75) is 4.90 Å². The van der Waals surface area contributed by atoms with E-state index in [1.165, 1.54) is 47.8 Å². The average Bonchev–Trinajstić information content (AvgIpc) is 2.84. The lowest BCUT2D eigenvalue weighted by atomic mass is 10.2. The lowest BCUT2D eigenvalue weighted by Crippen LogP contribution is -2.48. The molecule has 0 radical (unpaired) electrons. The number of halogens is 2. The molecule has 1 amide bonds. The number of ether oxygens (including phenoxy) is 1. The highest BCUT2D eigenvalue weighted by atomic mass is 35.5. The molecule has 178 valence electrons. The Morgan fingerprint density at radius 2 is 1.71 bits per heavy atom.